The Bertz CT molecular complexity index is 826. The molecule has 0 saturated carbocycles. The fourth-order valence-electron chi connectivity index (χ4n) is 2.42. The fraction of sp³-hybridized carbons (Fsp3) is 0.111. The summed E-state index contributed by atoms with van der Waals surface area (Å²) in [6.07, 6.45) is 1.73. The molecule has 23 heavy (non-hydrogen) atoms. The molecule has 5 nitrogen and oxygen atoms in total. The highest BCUT2D eigenvalue weighted by atomic mass is 16.5. The first-order valence-corrected chi connectivity index (χ1v) is 7.25. The first kappa shape index (κ1) is 14.8. The number of hydrogen-bond acceptors (Lipinski definition) is 3. The van der Waals surface area contributed by atoms with Gasteiger partial charge in [0, 0.05) is 11.8 Å². The number of hydrogen-bond donors (Lipinski definition) is 2. The summed E-state index contributed by atoms with van der Waals surface area (Å²) >= 11 is 0. The lowest BCUT2D eigenvalue weighted by atomic mass is 10.00. The molecule has 0 bridgehead atoms. The number of benzene rings is 2. The zero-order valence-corrected chi connectivity index (χ0v) is 12.7. The molecule has 0 spiro atoms. The molecule has 3 rings (SSSR count). The smallest absolute Gasteiger partial charge is 0.255 e. The van der Waals surface area contributed by atoms with Crippen LogP contribution in [0.15, 0.2) is 54.7 Å². The summed E-state index contributed by atoms with van der Waals surface area (Å²) in [7, 11) is 0. The third kappa shape index (κ3) is 3.40. The van der Waals surface area contributed by atoms with Crippen LogP contribution in [0.25, 0.3) is 22.4 Å². The van der Waals surface area contributed by atoms with Gasteiger partial charge in [0.2, 0.25) is 0 Å². The van der Waals surface area contributed by atoms with Crippen LogP contribution in [0.4, 0.5) is 0 Å². The maximum Gasteiger partial charge on any atom is 0.255 e. The van der Waals surface area contributed by atoms with E-state index in [1.54, 1.807) is 6.20 Å². The van der Waals surface area contributed by atoms with E-state index in [1.165, 1.54) is 0 Å². The normalized spacial score (nSPS) is 10.5. The largest absolute Gasteiger partial charge is 0.484 e. The molecule has 0 aliphatic carbocycles. The third-order valence-electron chi connectivity index (χ3n) is 3.55. The summed E-state index contributed by atoms with van der Waals surface area (Å²) in [6, 6.07) is 16.0. The number of nitrogens with two attached hydrogens (primary N) is 1. The molecule has 0 atom stereocenters. The number of H-pyrrole nitrogens is 1. The Morgan fingerprint density at radius 2 is 1.91 bits per heavy atom. The van der Waals surface area contributed by atoms with Gasteiger partial charge < -0.3 is 10.5 Å². The van der Waals surface area contributed by atoms with Crippen molar-refractivity contribution >= 4 is 5.91 Å². The number of aromatic amines is 1. The van der Waals surface area contributed by atoms with Crippen LogP contribution >= 0.6 is 0 Å². The van der Waals surface area contributed by atoms with Crippen LogP contribution in [-0.2, 0) is 4.79 Å². The van der Waals surface area contributed by atoms with Gasteiger partial charge in [-0.25, -0.2) is 0 Å². The average molecular weight is 307 g/mol. The minimum absolute atomic E-state index is 0.116. The van der Waals surface area contributed by atoms with Gasteiger partial charge in [-0.3, -0.25) is 9.89 Å². The summed E-state index contributed by atoms with van der Waals surface area (Å²) in [4.78, 5) is 10.8. The van der Waals surface area contributed by atoms with Crippen LogP contribution in [0.1, 0.15) is 5.56 Å². The van der Waals surface area contributed by atoms with Gasteiger partial charge in [0.05, 0.1) is 5.69 Å². The molecule has 0 radical (unpaired) electrons. The Morgan fingerprint density at radius 1 is 1.13 bits per heavy atom. The van der Waals surface area contributed by atoms with Gasteiger partial charge in [0.1, 0.15) is 5.75 Å². The Kier molecular flexibility index (Phi) is 4.10. The molecular weight excluding hydrogens is 290 g/mol. The van der Waals surface area contributed by atoms with Crippen LogP contribution in [-0.4, -0.2) is 22.7 Å². The number of nitrogens with zero attached hydrogens (tertiary/aromatic N) is 1. The molecule has 1 heterocycles. The molecule has 0 aliphatic rings. The van der Waals surface area contributed by atoms with Gasteiger partial charge in [-0.1, -0.05) is 24.3 Å². The van der Waals surface area contributed by atoms with Crippen LogP contribution in [0.2, 0.25) is 0 Å². The zero-order valence-electron chi connectivity index (χ0n) is 12.7. The van der Waals surface area contributed by atoms with Crippen LogP contribution in [0, 0.1) is 6.92 Å². The number of amides is 1. The second-order valence-corrected chi connectivity index (χ2v) is 5.29. The maximum absolute atomic E-state index is 10.8. The maximum atomic E-state index is 10.8. The molecule has 0 saturated heterocycles. The van der Waals surface area contributed by atoms with E-state index in [0.29, 0.717) is 5.75 Å². The minimum Gasteiger partial charge on any atom is -0.484 e. The molecule has 0 aliphatic heterocycles. The molecular formula is C18H17N3O2. The molecule has 5 heteroatoms. The minimum atomic E-state index is -0.485. The predicted molar refractivity (Wildman–Crippen MR) is 88.9 cm³/mol. The van der Waals surface area contributed by atoms with Crippen molar-refractivity contribution in [3.05, 3.63) is 60.3 Å². The number of aromatic nitrogens is 2. The first-order valence-electron chi connectivity index (χ1n) is 7.25. The molecule has 2 aromatic carbocycles. The number of primary amides is 1. The van der Waals surface area contributed by atoms with Crippen molar-refractivity contribution in [2.45, 2.75) is 6.92 Å². The molecule has 3 aromatic rings. The lowest BCUT2D eigenvalue weighted by molar-refractivity contribution is -0.119. The van der Waals surface area contributed by atoms with E-state index in [2.05, 4.69) is 22.3 Å². The summed E-state index contributed by atoms with van der Waals surface area (Å²) in [6.45, 7) is 1.83. The highest BCUT2D eigenvalue weighted by molar-refractivity contribution is 5.75. The van der Waals surface area contributed by atoms with Crippen molar-refractivity contribution in [2.75, 3.05) is 6.61 Å². The second kappa shape index (κ2) is 6.36. The van der Waals surface area contributed by atoms with E-state index in [4.69, 9.17) is 10.5 Å². The monoisotopic (exact) mass is 307 g/mol. The lowest BCUT2D eigenvalue weighted by Crippen LogP contribution is -2.20. The van der Waals surface area contributed by atoms with Crippen molar-refractivity contribution in [1.82, 2.24) is 10.2 Å². The molecule has 116 valence electrons. The third-order valence-corrected chi connectivity index (χ3v) is 3.55. The summed E-state index contributed by atoms with van der Waals surface area (Å²) < 4.78 is 5.38. The van der Waals surface area contributed by atoms with Gasteiger partial charge in [-0.15, -0.1) is 0 Å². The predicted octanol–water partition coefficient (Wildman–Crippen LogP) is 2.92. The summed E-state index contributed by atoms with van der Waals surface area (Å²) in [5.74, 6) is 0.179. The summed E-state index contributed by atoms with van der Waals surface area (Å²) in [5.41, 5.74) is 10.3. The van der Waals surface area contributed by atoms with Crippen LogP contribution in [0.5, 0.6) is 5.75 Å². The summed E-state index contributed by atoms with van der Waals surface area (Å²) in [5, 5.41) is 6.95. The van der Waals surface area contributed by atoms with Gasteiger partial charge in [0.15, 0.2) is 6.61 Å². The van der Waals surface area contributed by atoms with Crippen molar-refractivity contribution in [3.8, 4) is 28.1 Å². The highest BCUT2D eigenvalue weighted by Gasteiger charge is 2.06. The lowest BCUT2D eigenvalue weighted by Gasteiger charge is -2.10. The fourth-order valence-corrected chi connectivity index (χ4v) is 2.42. The highest BCUT2D eigenvalue weighted by Crippen LogP contribution is 2.29. The van der Waals surface area contributed by atoms with E-state index >= 15 is 0 Å². The standard InChI is InChI=1S/C18H17N3O2/c1-12-9-14(5-6-17(12)23-11-18(19)22)13-3-2-4-15(10-13)16-7-8-20-21-16/h2-10H,11H2,1H3,(H2,19,22)(H,20,21). The van der Waals surface area contributed by atoms with Crippen molar-refractivity contribution in [2.24, 2.45) is 5.73 Å². The van der Waals surface area contributed by atoms with E-state index in [-0.39, 0.29) is 6.61 Å². The molecule has 1 amide bonds. The SMILES string of the molecule is Cc1cc(-c2cccc(-c3ccn[nH]3)c2)ccc1OCC(N)=O. The molecule has 0 fully saturated rings. The second-order valence-electron chi connectivity index (χ2n) is 5.29. The van der Waals surface area contributed by atoms with Crippen molar-refractivity contribution in [3.63, 3.8) is 0 Å². The number of rotatable bonds is 5. The van der Waals surface area contributed by atoms with E-state index in [1.807, 2.05) is 43.3 Å². The van der Waals surface area contributed by atoms with Gasteiger partial charge in [-0.05, 0) is 47.9 Å². The average Bonchev–Trinajstić information content (AvgIpc) is 3.08. The first-order chi connectivity index (χ1) is 11.1. The van der Waals surface area contributed by atoms with Crippen molar-refractivity contribution in [1.29, 1.82) is 0 Å². The number of carbonyl (C=O) groups excluding carboxylic acids is 1. The van der Waals surface area contributed by atoms with Gasteiger partial charge in [0.25, 0.3) is 5.91 Å². The number of carbonyl (C=O) groups is 1. The number of nitrogens with one attached hydrogen (secondary N) is 1. The van der Waals surface area contributed by atoms with Crippen LogP contribution in [0.3, 0.4) is 0 Å². The van der Waals surface area contributed by atoms with E-state index < -0.39 is 5.91 Å². The molecule has 1 aromatic heterocycles. The molecule has 0 unspecified atom stereocenters. The van der Waals surface area contributed by atoms with Gasteiger partial charge in [-0.2, -0.15) is 5.10 Å². The Morgan fingerprint density at radius 3 is 2.61 bits per heavy atom. The van der Waals surface area contributed by atoms with E-state index in [9.17, 15) is 4.79 Å². The Balaban J connectivity index is 1.89. The topological polar surface area (TPSA) is 81.0 Å². The Hall–Kier alpha value is -3.08. The number of aryl methyl sites for hydroxylation is 1. The number of ether oxygens (including phenoxy) is 1. The zero-order chi connectivity index (χ0) is 16.2. The quantitative estimate of drug-likeness (QED) is 0.760. The van der Waals surface area contributed by atoms with Crippen molar-refractivity contribution < 1.29 is 9.53 Å². The molecule has 3 N–H and O–H groups in total. The van der Waals surface area contributed by atoms with Crippen LogP contribution < -0.4 is 10.5 Å². The van der Waals surface area contributed by atoms with E-state index in [0.717, 1.165) is 27.9 Å². The Labute approximate surface area is 134 Å². The van der Waals surface area contributed by atoms with Gasteiger partial charge >= 0.3 is 0 Å².